The van der Waals surface area contributed by atoms with Gasteiger partial charge in [0.05, 0.1) is 6.61 Å². The van der Waals surface area contributed by atoms with Gasteiger partial charge in [-0.1, -0.05) is 12.8 Å². The molecule has 0 aliphatic carbocycles. The Morgan fingerprint density at radius 2 is 1.59 bits per heavy atom. The minimum atomic E-state index is -0.180. The molecule has 0 N–H and O–H groups in total. The Hall–Kier alpha value is -1.40. The van der Waals surface area contributed by atoms with Gasteiger partial charge in [0, 0.05) is 43.9 Å². The van der Waals surface area contributed by atoms with Crippen LogP contribution in [-0.2, 0) is 26.3 Å². The van der Waals surface area contributed by atoms with Gasteiger partial charge in [-0.25, -0.2) is 0 Å². The Kier molecular flexibility index (Phi) is 5.83. The fraction of sp³-hybridized carbons (Fsp3) is 0.714. The van der Waals surface area contributed by atoms with Crippen LogP contribution in [-0.4, -0.2) is 54.4 Å². The van der Waals surface area contributed by atoms with E-state index in [-0.39, 0.29) is 17.4 Å². The van der Waals surface area contributed by atoms with Crippen LogP contribution in [0.1, 0.15) is 61.8 Å². The largest absolute Gasteiger partial charge is 0.369 e. The van der Waals surface area contributed by atoms with Crippen molar-refractivity contribution >= 4 is 23.2 Å². The molecule has 27 heavy (non-hydrogen) atoms. The van der Waals surface area contributed by atoms with Crippen LogP contribution >= 0.6 is 11.3 Å². The summed E-state index contributed by atoms with van der Waals surface area (Å²) in [5, 5.41) is 2.16. The molecule has 4 heterocycles. The lowest BCUT2D eigenvalue weighted by Gasteiger charge is -2.43. The van der Waals surface area contributed by atoms with Crippen molar-refractivity contribution in [3.8, 4) is 0 Å². The second-order valence-electron chi connectivity index (χ2n) is 8.04. The molecule has 0 unspecified atom stereocenters. The summed E-state index contributed by atoms with van der Waals surface area (Å²) in [5.41, 5.74) is 1.24. The molecular formula is C21H30N2O3S. The van der Waals surface area contributed by atoms with Crippen LogP contribution < -0.4 is 0 Å². The van der Waals surface area contributed by atoms with Crippen LogP contribution in [0.4, 0.5) is 0 Å². The average molecular weight is 391 g/mol. The molecule has 0 radical (unpaired) electrons. The zero-order valence-corrected chi connectivity index (χ0v) is 16.9. The van der Waals surface area contributed by atoms with E-state index in [2.05, 4.69) is 11.4 Å². The first-order valence-electron chi connectivity index (χ1n) is 10.4. The number of piperidine rings is 1. The second-order valence-corrected chi connectivity index (χ2v) is 8.96. The van der Waals surface area contributed by atoms with Gasteiger partial charge in [-0.3, -0.25) is 9.59 Å². The summed E-state index contributed by atoms with van der Waals surface area (Å²) in [4.78, 5) is 30.3. The number of carbonyl (C=O) groups excluding carboxylic acids is 2. The van der Waals surface area contributed by atoms with E-state index in [4.69, 9.17) is 4.74 Å². The summed E-state index contributed by atoms with van der Waals surface area (Å²) in [5.74, 6) is 0.271. The third-order valence-electron chi connectivity index (χ3n) is 6.35. The molecule has 3 aliphatic heterocycles. The molecule has 0 aromatic carbocycles. The van der Waals surface area contributed by atoms with Crippen molar-refractivity contribution in [3.05, 3.63) is 21.9 Å². The third kappa shape index (κ3) is 4.06. The van der Waals surface area contributed by atoms with Crippen LogP contribution in [0.25, 0.3) is 0 Å². The summed E-state index contributed by atoms with van der Waals surface area (Å²) in [6.45, 7) is 3.96. The molecule has 1 spiro atoms. The number of nitrogens with zero attached hydrogens (tertiary/aromatic N) is 2. The molecule has 6 heteroatoms. The molecule has 0 saturated carbocycles. The van der Waals surface area contributed by atoms with Crippen molar-refractivity contribution < 1.29 is 14.3 Å². The molecule has 3 aliphatic rings. The van der Waals surface area contributed by atoms with E-state index in [0.29, 0.717) is 12.8 Å². The van der Waals surface area contributed by atoms with Gasteiger partial charge >= 0.3 is 0 Å². The number of hydrogen-bond donors (Lipinski definition) is 0. The minimum Gasteiger partial charge on any atom is -0.369 e. The molecule has 5 nitrogen and oxygen atoms in total. The summed E-state index contributed by atoms with van der Waals surface area (Å²) in [7, 11) is 0. The third-order valence-corrected chi connectivity index (χ3v) is 7.49. The maximum absolute atomic E-state index is 12.6. The summed E-state index contributed by atoms with van der Waals surface area (Å²) >= 11 is 1.79. The van der Waals surface area contributed by atoms with Gasteiger partial charge in [0.1, 0.15) is 5.60 Å². The Morgan fingerprint density at radius 1 is 0.963 bits per heavy atom. The first kappa shape index (κ1) is 18.9. The zero-order valence-electron chi connectivity index (χ0n) is 16.1. The monoisotopic (exact) mass is 390 g/mol. The van der Waals surface area contributed by atoms with Crippen LogP contribution in [0.15, 0.2) is 11.4 Å². The standard InChI is InChI=1S/C21H30N2O3S/c24-18(22-11-3-1-2-4-12-22)5-6-19(25)23-13-9-21(10-14-23)20-17(7-15-26-21)8-16-27-20/h8,16H,1-7,9-15H2. The van der Waals surface area contributed by atoms with E-state index in [9.17, 15) is 9.59 Å². The minimum absolute atomic E-state index is 0.121. The van der Waals surface area contributed by atoms with Crippen molar-refractivity contribution in [2.24, 2.45) is 0 Å². The van der Waals surface area contributed by atoms with Crippen molar-refractivity contribution in [2.75, 3.05) is 32.8 Å². The first-order chi connectivity index (χ1) is 13.2. The lowest BCUT2D eigenvalue weighted by Crippen LogP contribution is -2.48. The maximum Gasteiger partial charge on any atom is 0.223 e. The maximum atomic E-state index is 12.6. The summed E-state index contributed by atoms with van der Waals surface area (Å²) in [6, 6.07) is 2.22. The number of rotatable bonds is 3. The first-order valence-corrected chi connectivity index (χ1v) is 11.3. The highest BCUT2D eigenvalue weighted by Gasteiger charge is 2.42. The Bertz CT molecular complexity index is 671. The SMILES string of the molecule is O=C(CCC(=O)N1CCC2(CC1)OCCc1ccsc12)N1CCCCCC1. The van der Waals surface area contributed by atoms with Gasteiger partial charge in [-0.2, -0.15) is 0 Å². The molecule has 148 valence electrons. The lowest BCUT2D eigenvalue weighted by molar-refractivity contribution is -0.143. The van der Waals surface area contributed by atoms with Gasteiger partial charge < -0.3 is 14.5 Å². The predicted octanol–water partition coefficient (Wildman–Crippen LogP) is 3.32. The summed E-state index contributed by atoms with van der Waals surface area (Å²) < 4.78 is 6.22. The normalized spacial score (nSPS) is 22.4. The van der Waals surface area contributed by atoms with Crippen molar-refractivity contribution in [1.29, 1.82) is 0 Å². The number of likely N-dealkylation sites (tertiary alicyclic amines) is 2. The van der Waals surface area contributed by atoms with Gasteiger partial charge in [0.25, 0.3) is 0 Å². The van der Waals surface area contributed by atoms with Crippen molar-refractivity contribution in [3.63, 3.8) is 0 Å². The van der Waals surface area contributed by atoms with Gasteiger partial charge in [0.2, 0.25) is 11.8 Å². The molecule has 0 atom stereocenters. The molecule has 1 aromatic heterocycles. The number of thiophene rings is 1. The van der Waals surface area contributed by atoms with E-state index in [1.165, 1.54) is 23.3 Å². The van der Waals surface area contributed by atoms with Crippen molar-refractivity contribution in [2.45, 2.75) is 63.4 Å². The summed E-state index contributed by atoms with van der Waals surface area (Å²) in [6.07, 6.45) is 8.05. The highest BCUT2D eigenvalue weighted by Crippen LogP contribution is 2.44. The molecule has 0 bridgehead atoms. The number of amides is 2. The fourth-order valence-corrected chi connectivity index (χ4v) is 5.86. The number of carbonyl (C=O) groups is 2. The zero-order chi connectivity index (χ0) is 18.7. The molecule has 4 rings (SSSR count). The van der Waals surface area contributed by atoms with Crippen LogP contribution in [0.2, 0.25) is 0 Å². The predicted molar refractivity (Wildman–Crippen MR) is 106 cm³/mol. The topological polar surface area (TPSA) is 49.9 Å². The van der Waals surface area contributed by atoms with Crippen molar-refractivity contribution in [1.82, 2.24) is 9.80 Å². The van der Waals surface area contributed by atoms with Gasteiger partial charge in [-0.15, -0.1) is 11.3 Å². The lowest BCUT2D eigenvalue weighted by atomic mass is 9.85. The smallest absolute Gasteiger partial charge is 0.223 e. The molecular weight excluding hydrogens is 360 g/mol. The van der Waals surface area contributed by atoms with E-state index >= 15 is 0 Å². The number of ether oxygens (including phenoxy) is 1. The average Bonchev–Trinajstić information content (AvgIpc) is 3.02. The highest BCUT2D eigenvalue weighted by molar-refractivity contribution is 7.10. The van der Waals surface area contributed by atoms with E-state index in [0.717, 1.165) is 64.9 Å². The fourth-order valence-electron chi connectivity index (χ4n) is 4.69. The Labute approximate surface area is 165 Å². The van der Waals surface area contributed by atoms with E-state index in [1.54, 1.807) is 11.3 Å². The van der Waals surface area contributed by atoms with Crippen LogP contribution in [0, 0.1) is 0 Å². The van der Waals surface area contributed by atoms with Gasteiger partial charge in [-0.05, 0) is 49.1 Å². The molecule has 2 saturated heterocycles. The van der Waals surface area contributed by atoms with Gasteiger partial charge in [0.15, 0.2) is 0 Å². The van der Waals surface area contributed by atoms with E-state index < -0.39 is 0 Å². The molecule has 1 aromatic rings. The van der Waals surface area contributed by atoms with Crippen LogP contribution in [0.3, 0.4) is 0 Å². The number of hydrogen-bond acceptors (Lipinski definition) is 4. The quantitative estimate of drug-likeness (QED) is 0.795. The Morgan fingerprint density at radius 3 is 2.26 bits per heavy atom. The molecule has 2 fully saturated rings. The van der Waals surface area contributed by atoms with E-state index in [1.807, 2.05) is 9.80 Å². The number of fused-ring (bicyclic) bond motifs is 2. The molecule has 2 amide bonds. The van der Waals surface area contributed by atoms with Crippen LogP contribution in [0.5, 0.6) is 0 Å². The second kappa shape index (κ2) is 8.31. The highest BCUT2D eigenvalue weighted by atomic mass is 32.1. The Balaban J connectivity index is 1.27.